The molecule has 124 valence electrons. The largest absolute Gasteiger partial charge is 0.491 e. The first-order valence-electron chi connectivity index (χ1n) is 7.60. The number of nitrogens with zero attached hydrogens (tertiary/aromatic N) is 1. The van der Waals surface area contributed by atoms with Crippen LogP contribution < -0.4 is 4.74 Å². The molecule has 0 radical (unpaired) electrons. The lowest BCUT2D eigenvalue weighted by Crippen LogP contribution is -2.39. The summed E-state index contributed by atoms with van der Waals surface area (Å²) in [5.74, 6) is 0.537. The summed E-state index contributed by atoms with van der Waals surface area (Å²) >= 11 is 0. The molecule has 0 bridgehead atoms. The Morgan fingerprint density at radius 1 is 1.23 bits per heavy atom. The molecule has 1 saturated heterocycles. The number of benzene rings is 1. The molecule has 1 aliphatic heterocycles. The lowest BCUT2D eigenvalue weighted by atomic mass is 9.91. The van der Waals surface area contributed by atoms with E-state index in [-0.39, 0.29) is 12.5 Å². The molecule has 1 aromatic rings. The zero-order valence-electron chi connectivity index (χ0n) is 12.6. The van der Waals surface area contributed by atoms with Gasteiger partial charge in [0.25, 0.3) is 0 Å². The Balaban J connectivity index is 1.80. The van der Waals surface area contributed by atoms with Gasteiger partial charge in [0.2, 0.25) is 0 Å². The zero-order chi connectivity index (χ0) is 16.2. The first-order chi connectivity index (χ1) is 10.4. The Bertz CT molecular complexity index is 453. The van der Waals surface area contributed by atoms with Crippen molar-refractivity contribution >= 4 is 0 Å². The van der Waals surface area contributed by atoms with E-state index >= 15 is 0 Å². The van der Waals surface area contributed by atoms with Crippen molar-refractivity contribution in [2.75, 3.05) is 26.2 Å². The Morgan fingerprint density at radius 3 is 2.32 bits per heavy atom. The van der Waals surface area contributed by atoms with Crippen LogP contribution in [0.1, 0.15) is 25.3 Å². The van der Waals surface area contributed by atoms with Gasteiger partial charge in [-0.05, 0) is 62.7 Å². The molecule has 1 aliphatic rings. The second kappa shape index (κ2) is 7.33. The highest BCUT2D eigenvalue weighted by molar-refractivity contribution is 5.28. The number of hydrogen-bond donors (Lipinski definition) is 1. The Labute approximate surface area is 128 Å². The highest BCUT2D eigenvalue weighted by Crippen LogP contribution is 2.30. The van der Waals surface area contributed by atoms with Crippen molar-refractivity contribution in [2.24, 2.45) is 5.92 Å². The molecule has 1 atom stereocenters. The number of aliphatic hydroxyl groups is 1. The van der Waals surface area contributed by atoms with Gasteiger partial charge in [-0.3, -0.25) is 0 Å². The maximum atomic E-state index is 12.5. The molecule has 1 aromatic carbocycles. The van der Waals surface area contributed by atoms with E-state index in [1.807, 2.05) is 0 Å². The smallest absolute Gasteiger partial charge is 0.416 e. The van der Waals surface area contributed by atoms with Gasteiger partial charge < -0.3 is 14.7 Å². The van der Waals surface area contributed by atoms with E-state index in [9.17, 15) is 18.3 Å². The fraction of sp³-hybridized carbons (Fsp3) is 0.625. The number of halogens is 3. The van der Waals surface area contributed by atoms with Gasteiger partial charge in [-0.2, -0.15) is 13.2 Å². The van der Waals surface area contributed by atoms with Crippen LogP contribution in [0.2, 0.25) is 0 Å². The zero-order valence-corrected chi connectivity index (χ0v) is 12.6. The minimum Gasteiger partial charge on any atom is -0.491 e. The summed E-state index contributed by atoms with van der Waals surface area (Å²) in [4.78, 5) is 2.33. The minimum absolute atomic E-state index is 0.113. The Morgan fingerprint density at radius 2 is 1.82 bits per heavy atom. The maximum Gasteiger partial charge on any atom is 0.416 e. The van der Waals surface area contributed by atoms with Crippen molar-refractivity contribution in [1.29, 1.82) is 0 Å². The number of ether oxygens (including phenoxy) is 1. The summed E-state index contributed by atoms with van der Waals surface area (Å²) in [7, 11) is 0. The van der Waals surface area contributed by atoms with E-state index in [4.69, 9.17) is 4.74 Å². The average molecular weight is 317 g/mol. The molecule has 1 N–H and O–H groups in total. The van der Waals surface area contributed by atoms with E-state index < -0.39 is 17.8 Å². The summed E-state index contributed by atoms with van der Waals surface area (Å²) < 4.78 is 42.8. The van der Waals surface area contributed by atoms with Crippen molar-refractivity contribution in [3.05, 3.63) is 29.8 Å². The predicted molar refractivity (Wildman–Crippen MR) is 77.8 cm³/mol. The highest BCUT2D eigenvalue weighted by Gasteiger charge is 2.30. The summed E-state index contributed by atoms with van der Waals surface area (Å²) in [6.07, 6.45) is -3.08. The number of piperidine rings is 1. The van der Waals surface area contributed by atoms with Gasteiger partial charge in [-0.25, -0.2) is 0 Å². The molecule has 0 saturated carbocycles. The number of likely N-dealkylation sites (tertiary alicyclic amines) is 1. The summed E-state index contributed by atoms with van der Waals surface area (Å²) in [6, 6.07) is 4.55. The number of aliphatic hydroxyl groups excluding tert-OH is 1. The van der Waals surface area contributed by atoms with Crippen LogP contribution >= 0.6 is 0 Å². The van der Waals surface area contributed by atoms with Gasteiger partial charge in [-0.15, -0.1) is 0 Å². The van der Waals surface area contributed by atoms with Crippen LogP contribution in [-0.4, -0.2) is 42.4 Å². The molecular weight excluding hydrogens is 295 g/mol. The van der Waals surface area contributed by atoms with E-state index in [0.717, 1.165) is 44.6 Å². The fourth-order valence-corrected chi connectivity index (χ4v) is 2.71. The summed E-state index contributed by atoms with van der Waals surface area (Å²) in [6.45, 7) is 5.19. The summed E-state index contributed by atoms with van der Waals surface area (Å²) in [5, 5.41) is 10.2. The van der Waals surface area contributed by atoms with Gasteiger partial charge >= 0.3 is 6.18 Å². The molecule has 1 heterocycles. The molecule has 0 spiro atoms. The average Bonchev–Trinajstić information content (AvgIpc) is 2.52. The van der Waals surface area contributed by atoms with Gasteiger partial charge in [-0.1, -0.05) is 6.92 Å². The first-order valence-corrected chi connectivity index (χ1v) is 7.60. The van der Waals surface area contributed by atoms with E-state index in [2.05, 4.69) is 11.8 Å². The molecule has 1 fully saturated rings. The minimum atomic E-state index is -4.34. The molecule has 0 aromatic heterocycles. The second-order valence-corrected chi connectivity index (χ2v) is 5.67. The van der Waals surface area contributed by atoms with E-state index in [1.54, 1.807) is 0 Å². The monoisotopic (exact) mass is 317 g/mol. The van der Waals surface area contributed by atoms with Crippen molar-refractivity contribution in [1.82, 2.24) is 4.90 Å². The number of alkyl halides is 3. The lowest BCUT2D eigenvalue weighted by Gasteiger charge is -2.33. The van der Waals surface area contributed by atoms with Crippen LogP contribution in [0, 0.1) is 5.92 Å². The lowest BCUT2D eigenvalue weighted by molar-refractivity contribution is -0.137. The molecule has 0 aliphatic carbocycles. The van der Waals surface area contributed by atoms with Gasteiger partial charge in [0.15, 0.2) is 0 Å². The van der Waals surface area contributed by atoms with Crippen LogP contribution in [0.4, 0.5) is 13.2 Å². The van der Waals surface area contributed by atoms with Crippen LogP contribution in [0.25, 0.3) is 0 Å². The number of hydrogen-bond acceptors (Lipinski definition) is 3. The van der Waals surface area contributed by atoms with Crippen LogP contribution in [-0.2, 0) is 6.18 Å². The maximum absolute atomic E-state index is 12.5. The SMILES string of the molecule is CCN1CCC(C(O)COc2ccc(C(F)(F)F)cc2)CC1. The van der Waals surface area contributed by atoms with Crippen LogP contribution in [0.15, 0.2) is 24.3 Å². The third kappa shape index (κ3) is 4.61. The normalized spacial score (nSPS) is 19.1. The van der Waals surface area contributed by atoms with Crippen molar-refractivity contribution in [3.63, 3.8) is 0 Å². The van der Waals surface area contributed by atoms with E-state index in [0.29, 0.717) is 5.75 Å². The first kappa shape index (κ1) is 17.1. The fourth-order valence-electron chi connectivity index (χ4n) is 2.71. The van der Waals surface area contributed by atoms with Crippen molar-refractivity contribution in [3.8, 4) is 5.75 Å². The van der Waals surface area contributed by atoms with Crippen LogP contribution in [0.5, 0.6) is 5.75 Å². The molecule has 0 amide bonds. The van der Waals surface area contributed by atoms with Crippen LogP contribution in [0.3, 0.4) is 0 Å². The highest BCUT2D eigenvalue weighted by atomic mass is 19.4. The topological polar surface area (TPSA) is 32.7 Å². The summed E-state index contributed by atoms with van der Waals surface area (Å²) in [5.41, 5.74) is -0.702. The quantitative estimate of drug-likeness (QED) is 0.905. The molecular formula is C16H22F3NO2. The van der Waals surface area contributed by atoms with E-state index in [1.165, 1.54) is 12.1 Å². The Kier molecular flexibility index (Phi) is 5.69. The number of rotatable bonds is 5. The second-order valence-electron chi connectivity index (χ2n) is 5.67. The van der Waals surface area contributed by atoms with Gasteiger partial charge in [0.1, 0.15) is 12.4 Å². The van der Waals surface area contributed by atoms with Crippen molar-refractivity contribution < 1.29 is 23.0 Å². The third-order valence-corrected chi connectivity index (χ3v) is 4.23. The molecule has 2 rings (SSSR count). The van der Waals surface area contributed by atoms with Gasteiger partial charge in [0, 0.05) is 0 Å². The van der Waals surface area contributed by atoms with Gasteiger partial charge in [0.05, 0.1) is 11.7 Å². The Hall–Kier alpha value is -1.27. The third-order valence-electron chi connectivity index (χ3n) is 4.23. The van der Waals surface area contributed by atoms with Crippen molar-refractivity contribution in [2.45, 2.75) is 32.0 Å². The molecule has 22 heavy (non-hydrogen) atoms. The molecule has 6 heteroatoms. The molecule has 3 nitrogen and oxygen atoms in total. The predicted octanol–water partition coefficient (Wildman–Crippen LogP) is 3.18. The molecule has 1 unspecified atom stereocenters. The standard InChI is InChI=1S/C16H22F3NO2/c1-2-20-9-7-12(8-10-20)15(21)11-22-14-5-3-13(4-6-14)16(17,18)19/h3-6,12,15,21H,2,7-11H2,1H3.